The number of carbonyl (C=O) groups excluding carboxylic acids is 1. The van der Waals surface area contributed by atoms with Crippen molar-refractivity contribution in [3.05, 3.63) is 82.5 Å². The molecular formula is C32H40N6O3S. The number of sulfonamides is 1. The zero-order valence-electron chi connectivity index (χ0n) is 23.6. The van der Waals surface area contributed by atoms with Gasteiger partial charge in [-0.1, -0.05) is 25.6 Å². The molecule has 2 N–H and O–H groups in total. The topological polar surface area (TPSA) is 124 Å². The molecule has 2 aliphatic heterocycles. The van der Waals surface area contributed by atoms with Gasteiger partial charge in [-0.2, -0.15) is 5.26 Å². The number of pyridine rings is 1. The van der Waals surface area contributed by atoms with Crippen molar-refractivity contribution < 1.29 is 13.2 Å². The molecule has 2 aromatic carbocycles. The number of primary sulfonamides is 1. The third kappa shape index (κ3) is 6.42. The van der Waals surface area contributed by atoms with Crippen molar-refractivity contribution in [1.29, 1.82) is 5.26 Å². The maximum absolute atomic E-state index is 13.7. The van der Waals surface area contributed by atoms with Crippen LogP contribution in [-0.4, -0.2) is 63.5 Å². The van der Waals surface area contributed by atoms with Crippen molar-refractivity contribution >= 4 is 27.3 Å². The molecule has 0 unspecified atom stereocenters. The van der Waals surface area contributed by atoms with Gasteiger partial charge in [-0.15, -0.1) is 0 Å². The van der Waals surface area contributed by atoms with Crippen molar-refractivity contribution in [2.45, 2.75) is 45.6 Å². The number of aromatic nitrogens is 1. The molecule has 5 rings (SSSR count). The van der Waals surface area contributed by atoms with Gasteiger partial charge in [0.1, 0.15) is 6.07 Å². The van der Waals surface area contributed by atoms with Gasteiger partial charge in [-0.3, -0.25) is 4.79 Å². The van der Waals surface area contributed by atoms with Crippen molar-refractivity contribution in [1.82, 2.24) is 9.88 Å². The largest absolute Gasteiger partial charge is 0.370 e. The Morgan fingerprint density at radius 2 is 1.60 bits per heavy atom. The highest BCUT2D eigenvalue weighted by atomic mass is 32.2. The second-order valence-corrected chi connectivity index (χ2v) is 12.4. The fourth-order valence-corrected chi connectivity index (χ4v) is 6.81. The van der Waals surface area contributed by atoms with Crippen LogP contribution in [0.2, 0.25) is 0 Å². The van der Waals surface area contributed by atoms with Gasteiger partial charge >= 0.3 is 0 Å². The molecule has 2 saturated heterocycles. The first-order valence-corrected chi connectivity index (χ1v) is 15.6. The predicted octanol–water partition coefficient (Wildman–Crippen LogP) is 4.28. The molecule has 42 heavy (non-hydrogen) atoms. The lowest BCUT2D eigenvalue weighted by molar-refractivity contribution is 0.0745. The molecule has 222 valence electrons. The fourth-order valence-electron chi connectivity index (χ4n) is 6.11. The van der Waals surface area contributed by atoms with Crippen LogP contribution in [0.1, 0.15) is 52.9 Å². The summed E-state index contributed by atoms with van der Waals surface area (Å²) in [6.45, 7) is 7.92. The van der Waals surface area contributed by atoms with Crippen LogP contribution in [0.4, 0.5) is 11.4 Å². The number of piperazine rings is 1. The molecule has 0 saturated carbocycles. The number of benzene rings is 2. The Kier molecular flexibility index (Phi) is 9.54. The summed E-state index contributed by atoms with van der Waals surface area (Å²) in [4.78, 5) is 23.7. The molecule has 2 fully saturated rings. The molecule has 0 bridgehead atoms. The van der Waals surface area contributed by atoms with E-state index in [4.69, 9.17) is 5.14 Å². The van der Waals surface area contributed by atoms with Crippen LogP contribution in [0.15, 0.2) is 59.8 Å². The van der Waals surface area contributed by atoms with E-state index in [0.29, 0.717) is 37.8 Å². The van der Waals surface area contributed by atoms with Gasteiger partial charge in [0.25, 0.3) is 15.9 Å². The standard InChI is InChI=1S/C31H36N6O3S.CH4/c1-22-9-10-26(31(38)37-18-16-36(17-19-37)29-8-5-13-34-30(29)41(33,39)40)23(2)27(22)20-24-11-14-35(15-12-24)28-7-4-3-6-25(28)21-32;/h3-10,13,24H,11-12,14-20H2,1-2H3,(H2,33,39,40);1H4. The lowest BCUT2D eigenvalue weighted by Crippen LogP contribution is -2.49. The molecule has 10 heteroatoms. The predicted molar refractivity (Wildman–Crippen MR) is 166 cm³/mol. The number of rotatable bonds is 6. The summed E-state index contributed by atoms with van der Waals surface area (Å²) >= 11 is 0. The first kappa shape index (κ1) is 31.0. The lowest BCUT2D eigenvalue weighted by Gasteiger charge is -2.37. The monoisotopic (exact) mass is 588 g/mol. The second-order valence-electron chi connectivity index (χ2n) is 10.9. The molecule has 9 nitrogen and oxygen atoms in total. The summed E-state index contributed by atoms with van der Waals surface area (Å²) in [5.74, 6) is 0.517. The molecule has 1 aromatic heterocycles. The molecule has 3 aromatic rings. The highest BCUT2D eigenvalue weighted by molar-refractivity contribution is 7.89. The number of amides is 1. The van der Waals surface area contributed by atoms with Gasteiger partial charge in [0.2, 0.25) is 0 Å². The van der Waals surface area contributed by atoms with E-state index >= 15 is 0 Å². The van der Waals surface area contributed by atoms with Gasteiger partial charge in [0, 0.05) is 51.0 Å². The number of piperidine rings is 1. The molecule has 0 spiro atoms. The van der Waals surface area contributed by atoms with E-state index in [1.165, 1.54) is 17.3 Å². The number of hydrogen-bond acceptors (Lipinski definition) is 7. The van der Waals surface area contributed by atoms with Crippen LogP contribution in [-0.2, 0) is 16.4 Å². The minimum Gasteiger partial charge on any atom is -0.370 e. The number of aryl methyl sites for hydroxylation is 1. The van der Waals surface area contributed by atoms with E-state index in [0.717, 1.165) is 54.7 Å². The Morgan fingerprint density at radius 3 is 2.26 bits per heavy atom. The quantitative estimate of drug-likeness (QED) is 0.456. The summed E-state index contributed by atoms with van der Waals surface area (Å²) in [7, 11) is -3.95. The maximum atomic E-state index is 13.7. The highest BCUT2D eigenvalue weighted by Gasteiger charge is 2.28. The Hall–Kier alpha value is -3.94. The van der Waals surface area contributed by atoms with Crippen molar-refractivity contribution in [2.24, 2.45) is 11.1 Å². The van der Waals surface area contributed by atoms with Crippen LogP contribution in [0.3, 0.4) is 0 Å². The summed E-state index contributed by atoms with van der Waals surface area (Å²) in [5, 5.41) is 14.7. The zero-order valence-corrected chi connectivity index (χ0v) is 24.4. The average Bonchev–Trinajstić information content (AvgIpc) is 2.99. The van der Waals surface area contributed by atoms with E-state index in [2.05, 4.69) is 35.9 Å². The summed E-state index contributed by atoms with van der Waals surface area (Å²) < 4.78 is 24.0. The van der Waals surface area contributed by atoms with Crippen LogP contribution in [0.25, 0.3) is 0 Å². The van der Waals surface area contributed by atoms with Crippen LogP contribution in [0.5, 0.6) is 0 Å². The van der Waals surface area contributed by atoms with Crippen molar-refractivity contribution in [3.8, 4) is 6.07 Å². The SMILES string of the molecule is C.Cc1ccc(C(=O)N2CCN(c3cccnc3S(N)(=O)=O)CC2)c(C)c1CC1CCN(c2ccccc2C#N)CC1. The zero-order chi connectivity index (χ0) is 29.1. The van der Waals surface area contributed by atoms with Gasteiger partial charge in [0.05, 0.1) is 16.9 Å². The molecule has 0 radical (unpaired) electrons. The van der Waals surface area contributed by atoms with E-state index in [9.17, 15) is 18.5 Å². The summed E-state index contributed by atoms with van der Waals surface area (Å²) in [6, 6.07) is 17.5. The Labute approximate surface area is 249 Å². The third-order valence-electron chi connectivity index (χ3n) is 8.46. The number of carbonyl (C=O) groups is 1. The molecule has 0 atom stereocenters. The van der Waals surface area contributed by atoms with E-state index < -0.39 is 10.0 Å². The fraction of sp³-hybridized carbons (Fsp3) is 0.406. The number of nitrogens with zero attached hydrogens (tertiary/aromatic N) is 5. The molecule has 1 amide bonds. The van der Waals surface area contributed by atoms with Gasteiger partial charge in [0.15, 0.2) is 5.03 Å². The minimum atomic E-state index is -3.95. The van der Waals surface area contributed by atoms with Crippen LogP contribution < -0.4 is 14.9 Å². The third-order valence-corrected chi connectivity index (χ3v) is 9.32. The summed E-state index contributed by atoms with van der Waals surface area (Å²) in [6.07, 6.45) is 4.41. The van der Waals surface area contributed by atoms with E-state index in [1.807, 2.05) is 40.1 Å². The number of hydrogen-bond donors (Lipinski definition) is 1. The number of anilines is 2. The van der Waals surface area contributed by atoms with E-state index in [1.54, 1.807) is 12.1 Å². The van der Waals surface area contributed by atoms with E-state index in [-0.39, 0.29) is 18.4 Å². The number of nitrogens with two attached hydrogens (primary N) is 1. The van der Waals surface area contributed by atoms with Crippen LogP contribution in [0, 0.1) is 31.1 Å². The van der Waals surface area contributed by atoms with Crippen LogP contribution >= 0.6 is 0 Å². The smallest absolute Gasteiger partial charge is 0.257 e. The maximum Gasteiger partial charge on any atom is 0.257 e. The second kappa shape index (κ2) is 12.9. The molecular weight excluding hydrogens is 548 g/mol. The lowest BCUT2D eigenvalue weighted by atomic mass is 9.85. The summed E-state index contributed by atoms with van der Waals surface area (Å²) in [5.41, 5.74) is 6.42. The van der Waals surface area contributed by atoms with Gasteiger partial charge in [-0.05, 0) is 86.1 Å². The molecule has 0 aliphatic carbocycles. The van der Waals surface area contributed by atoms with Crippen molar-refractivity contribution in [2.75, 3.05) is 49.1 Å². The Morgan fingerprint density at radius 1 is 0.952 bits per heavy atom. The molecule has 3 heterocycles. The highest BCUT2D eigenvalue weighted by Crippen LogP contribution is 2.31. The average molecular weight is 589 g/mol. The first-order chi connectivity index (χ1) is 19.7. The minimum absolute atomic E-state index is 0. The molecule has 2 aliphatic rings. The van der Waals surface area contributed by atoms with Gasteiger partial charge in [-0.25, -0.2) is 18.5 Å². The first-order valence-electron chi connectivity index (χ1n) is 14.0. The normalized spacial score (nSPS) is 16.1. The number of para-hydroxylation sites is 1. The van der Waals surface area contributed by atoms with Gasteiger partial charge < -0.3 is 14.7 Å². The number of nitriles is 1. The van der Waals surface area contributed by atoms with Crippen molar-refractivity contribution in [3.63, 3.8) is 0 Å². The Balaban J connectivity index is 0.00000405. The Bertz CT molecular complexity index is 1580.